The van der Waals surface area contributed by atoms with Gasteiger partial charge >= 0.3 is 0 Å². The average Bonchev–Trinajstić information content (AvgIpc) is 2.40. The number of rotatable bonds is 3. The van der Waals surface area contributed by atoms with Crippen molar-refractivity contribution >= 4 is 0 Å². The van der Waals surface area contributed by atoms with Crippen LogP contribution in [-0.4, -0.2) is 4.98 Å². The lowest BCUT2D eigenvalue weighted by atomic mass is 10.0. The van der Waals surface area contributed by atoms with Crippen LogP contribution in [0.4, 0.5) is 0 Å². The van der Waals surface area contributed by atoms with E-state index in [1.165, 1.54) is 0 Å². The first-order valence-electron chi connectivity index (χ1n) is 5.72. The fourth-order valence-electron chi connectivity index (χ4n) is 1.66. The van der Waals surface area contributed by atoms with Crippen molar-refractivity contribution in [3.05, 3.63) is 59.9 Å². The third kappa shape index (κ3) is 2.67. The van der Waals surface area contributed by atoms with Gasteiger partial charge in [0, 0.05) is 6.20 Å². The lowest BCUT2D eigenvalue weighted by molar-refractivity contribution is 0.104. The number of ether oxygens (including phenoxy) is 1. The van der Waals surface area contributed by atoms with Gasteiger partial charge in [-0.15, -0.1) is 0 Å². The molecule has 0 bridgehead atoms. The molecule has 2 rings (SSSR count). The molecule has 1 aromatic heterocycles. The molecule has 0 aliphatic carbocycles. The molecule has 3 heteroatoms. The van der Waals surface area contributed by atoms with Crippen LogP contribution in [0.15, 0.2) is 48.7 Å². The van der Waals surface area contributed by atoms with Crippen molar-refractivity contribution in [3.63, 3.8) is 0 Å². The van der Waals surface area contributed by atoms with Crippen LogP contribution in [0.3, 0.4) is 0 Å². The molecule has 18 heavy (non-hydrogen) atoms. The second kappa shape index (κ2) is 4.89. The molecule has 0 spiro atoms. The Balaban J connectivity index is 2.20. The molecule has 3 nitrogen and oxygen atoms in total. The topological polar surface area (TPSA) is 45.9 Å². The molecule has 1 heterocycles. The number of pyridine rings is 1. The lowest BCUT2D eigenvalue weighted by Gasteiger charge is -2.25. The van der Waals surface area contributed by atoms with Gasteiger partial charge in [-0.2, -0.15) is 5.26 Å². The molecule has 0 amide bonds. The maximum atomic E-state index is 8.74. The Morgan fingerprint density at radius 2 is 1.83 bits per heavy atom. The van der Waals surface area contributed by atoms with Gasteiger partial charge in [0.2, 0.25) is 0 Å². The van der Waals surface area contributed by atoms with E-state index in [0.29, 0.717) is 5.56 Å². The Morgan fingerprint density at radius 1 is 1.11 bits per heavy atom. The molecule has 90 valence electrons. The second-order valence-electron chi connectivity index (χ2n) is 4.46. The highest BCUT2D eigenvalue weighted by molar-refractivity contribution is 5.35. The van der Waals surface area contributed by atoms with Crippen LogP contribution in [0.2, 0.25) is 0 Å². The molecule has 0 radical (unpaired) electrons. The van der Waals surface area contributed by atoms with E-state index in [1.54, 1.807) is 30.5 Å². The first-order chi connectivity index (χ1) is 8.62. The highest BCUT2D eigenvalue weighted by Crippen LogP contribution is 2.26. The Morgan fingerprint density at radius 3 is 2.39 bits per heavy atom. The maximum Gasteiger partial charge on any atom is 0.145 e. The van der Waals surface area contributed by atoms with Crippen LogP contribution in [0.1, 0.15) is 25.1 Å². The normalized spacial score (nSPS) is 10.7. The molecule has 0 fully saturated rings. The van der Waals surface area contributed by atoms with Gasteiger partial charge in [-0.05, 0) is 50.2 Å². The van der Waals surface area contributed by atoms with Gasteiger partial charge in [-0.25, -0.2) is 0 Å². The summed E-state index contributed by atoms with van der Waals surface area (Å²) in [4.78, 5) is 4.30. The number of aromatic nitrogens is 1. The van der Waals surface area contributed by atoms with Crippen molar-refractivity contribution in [3.8, 4) is 11.8 Å². The van der Waals surface area contributed by atoms with Gasteiger partial charge in [0.05, 0.1) is 17.3 Å². The smallest absolute Gasteiger partial charge is 0.145 e. The number of benzene rings is 1. The molecule has 0 aliphatic heterocycles. The number of hydrogen-bond donors (Lipinski definition) is 0. The van der Waals surface area contributed by atoms with Gasteiger partial charge in [-0.3, -0.25) is 4.98 Å². The zero-order valence-electron chi connectivity index (χ0n) is 10.4. The Hall–Kier alpha value is -2.34. The largest absolute Gasteiger partial charge is 0.482 e. The van der Waals surface area contributed by atoms with Crippen LogP contribution < -0.4 is 4.74 Å². The number of nitrogens with zero attached hydrogens (tertiary/aromatic N) is 2. The summed E-state index contributed by atoms with van der Waals surface area (Å²) >= 11 is 0. The molecule has 0 saturated carbocycles. The minimum Gasteiger partial charge on any atom is -0.482 e. The number of hydrogen-bond acceptors (Lipinski definition) is 3. The predicted molar refractivity (Wildman–Crippen MR) is 69.0 cm³/mol. The van der Waals surface area contributed by atoms with Gasteiger partial charge in [0.25, 0.3) is 0 Å². The van der Waals surface area contributed by atoms with Crippen LogP contribution in [-0.2, 0) is 5.60 Å². The van der Waals surface area contributed by atoms with Gasteiger partial charge in [-0.1, -0.05) is 6.07 Å². The summed E-state index contributed by atoms with van der Waals surface area (Å²) in [5, 5.41) is 8.74. The van der Waals surface area contributed by atoms with E-state index in [-0.39, 0.29) is 0 Å². The van der Waals surface area contributed by atoms with Crippen molar-refractivity contribution in [2.45, 2.75) is 19.4 Å². The van der Waals surface area contributed by atoms with Crippen molar-refractivity contribution in [1.82, 2.24) is 4.98 Å². The molecule has 1 aromatic carbocycles. The SMILES string of the molecule is CC(C)(Oc1ccc(C#N)cc1)c1ccccn1. The fraction of sp³-hybridized carbons (Fsp3) is 0.200. The summed E-state index contributed by atoms with van der Waals surface area (Å²) in [6, 6.07) is 14.9. The highest BCUT2D eigenvalue weighted by atomic mass is 16.5. The summed E-state index contributed by atoms with van der Waals surface area (Å²) in [5.74, 6) is 0.727. The van der Waals surface area contributed by atoms with Crippen molar-refractivity contribution in [2.24, 2.45) is 0 Å². The molecule has 0 saturated heterocycles. The molecule has 0 atom stereocenters. The molecular formula is C15H14N2O. The second-order valence-corrected chi connectivity index (χ2v) is 4.46. The average molecular weight is 238 g/mol. The van der Waals surface area contributed by atoms with Crippen LogP contribution in [0.5, 0.6) is 5.75 Å². The summed E-state index contributed by atoms with van der Waals surface area (Å²) in [5.41, 5.74) is 0.988. The summed E-state index contributed by atoms with van der Waals surface area (Å²) < 4.78 is 5.92. The van der Waals surface area contributed by atoms with E-state index in [4.69, 9.17) is 10.00 Å². The van der Waals surface area contributed by atoms with E-state index < -0.39 is 5.60 Å². The van der Waals surface area contributed by atoms with E-state index in [0.717, 1.165) is 11.4 Å². The third-order valence-electron chi connectivity index (χ3n) is 2.64. The Bertz CT molecular complexity index is 553. The summed E-state index contributed by atoms with van der Waals surface area (Å²) in [6.45, 7) is 3.93. The van der Waals surface area contributed by atoms with Crippen LogP contribution in [0, 0.1) is 11.3 Å². The standard InChI is InChI=1S/C15H14N2O/c1-15(2,14-5-3-4-10-17-14)18-13-8-6-12(11-16)7-9-13/h3-10H,1-2H3. The highest BCUT2D eigenvalue weighted by Gasteiger charge is 2.23. The number of nitriles is 1. The van der Waals surface area contributed by atoms with Crippen molar-refractivity contribution < 1.29 is 4.74 Å². The quantitative estimate of drug-likeness (QED) is 0.824. The first kappa shape index (κ1) is 12.1. The lowest BCUT2D eigenvalue weighted by Crippen LogP contribution is -2.26. The van der Waals surface area contributed by atoms with Gasteiger partial charge in [0.15, 0.2) is 0 Å². The van der Waals surface area contributed by atoms with E-state index >= 15 is 0 Å². The van der Waals surface area contributed by atoms with Crippen LogP contribution in [0.25, 0.3) is 0 Å². The molecular weight excluding hydrogens is 224 g/mol. The monoisotopic (exact) mass is 238 g/mol. The third-order valence-corrected chi connectivity index (χ3v) is 2.64. The maximum absolute atomic E-state index is 8.74. The van der Waals surface area contributed by atoms with E-state index in [9.17, 15) is 0 Å². The van der Waals surface area contributed by atoms with Gasteiger partial charge in [0.1, 0.15) is 11.4 Å². The molecule has 0 N–H and O–H groups in total. The fourth-order valence-corrected chi connectivity index (χ4v) is 1.66. The zero-order valence-corrected chi connectivity index (χ0v) is 10.4. The predicted octanol–water partition coefficient (Wildman–Crippen LogP) is 3.27. The van der Waals surface area contributed by atoms with Crippen LogP contribution >= 0.6 is 0 Å². The molecule has 2 aromatic rings. The molecule has 0 unspecified atom stereocenters. The first-order valence-corrected chi connectivity index (χ1v) is 5.72. The minimum absolute atomic E-state index is 0.505. The molecule has 0 aliphatic rings. The Labute approximate surface area is 107 Å². The summed E-state index contributed by atoms with van der Waals surface area (Å²) in [7, 11) is 0. The van der Waals surface area contributed by atoms with Gasteiger partial charge < -0.3 is 4.74 Å². The Kier molecular flexibility index (Phi) is 3.29. The zero-order chi connectivity index (χ0) is 13.0. The van der Waals surface area contributed by atoms with Crippen molar-refractivity contribution in [2.75, 3.05) is 0 Å². The summed E-state index contributed by atoms with van der Waals surface area (Å²) in [6.07, 6.45) is 1.75. The van der Waals surface area contributed by atoms with Crippen molar-refractivity contribution in [1.29, 1.82) is 5.26 Å². The van der Waals surface area contributed by atoms with E-state index in [1.807, 2.05) is 32.0 Å². The minimum atomic E-state index is -0.505. The van der Waals surface area contributed by atoms with E-state index in [2.05, 4.69) is 11.1 Å².